The van der Waals surface area contributed by atoms with E-state index < -0.39 is 14.0 Å². The number of ether oxygens (including phenoxy) is 1. The molecule has 0 aliphatic rings. The molecular formula is C12H23N3O3Si. The number of hydrogen-bond acceptors (Lipinski definition) is 4. The molecule has 0 saturated carbocycles. The number of aromatic carboxylic acids is 1. The maximum atomic E-state index is 11.0. The van der Waals surface area contributed by atoms with Crippen molar-refractivity contribution in [2.24, 2.45) is 5.73 Å². The van der Waals surface area contributed by atoms with E-state index in [0.29, 0.717) is 12.2 Å². The van der Waals surface area contributed by atoms with Crippen LogP contribution in [0.25, 0.3) is 0 Å². The predicted molar refractivity (Wildman–Crippen MR) is 75.9 cm³/mol. The number of carboxylic acids is 1. The minimum absolute atomic E-state index is 0.0220. The van der Waals surface area contributed by atoms with Crippen molar-refractivity contribution in [1.29, 1.82) is 0 Å². The lowest BCUT2D eigenvalue weighted by Gasteiger charge is -2.15. The molecule has 1 aromatic heterocycles. The predicted octanol–water partition coefficient (Wildman–Crippen LogP) is 1.66. The molecule has 1 rings (SSSR count). The minimum atomic E-state index is -1.11. The summed E-state index contributed by atoms with van der Waals surface area (Å²) in [5.74, 6) is -1.05. The summed E-state index contributed by atoms with van der Waals surface area (Å²) in [6.45, 7) is 9.78. The van der Waals surface area contributed by atoms with Gasteiger partial charge < -0.3 is 15.6 Å². The Labute approximate surface area is 114 Å². The van der Waals surface area contributed by atoms with Crippen LogP contribution in [0.2, 0.25) is 25.7 Å². The minimum Gasteiger partial charge on any atom is -0.476 e. The van der Waals surface area contributed by atoms with Gasteiger partial charge in [-0.05, 0) is 13.0 Å². The van der Waals surface area contributed by atoms with Gasteiger partial charge in [-0.3, -0.25) is 0 Å². The Bertz CT molecular complexity index is 452. The number of rotatable bonds is 7. The van der Waals surface area contributed by atoms with Crippen LogP contribution in [0.5, 0.6) is 0 Å². The van der Waals surface area contributed by atoms with Crippen molar-refractivity contribution < 1.29 is 14.6 Å². The highest BCUT2D eigenvalue weighted by atomic mass is 28.3. The number of nitrogens with two attached hydrogens (primary N) is 1. The van der Waals surface area contributed by atoms with Gasteiger partial charge in [0, 0.05) is 32.5 Å². The molecule has 0 saturated heterocycles. The first-order valence-corrected chi connectivity index (χ1v) is 10.0. The van der Waals surface area contributed by atoms with Crippen molar-refractivity contribution >= 4 is 14.0 Å². The van der Waals surface area contributed by atoms with Crippen molar-refractivity contribution in [2.45, 2.75) is 45.9 Å². The molecule has 6 nitrogen and oxygen atoms in total. The number of hydrogen-bond donors (Lipinski definition) is 2. The van der Waals surface area contributed by atoms with Crippen molar-refractivity contribution in [3.63, 3.8) is 0 Å². The maximum Gasteiger partial charge on any atom is 0.356 e. The van der Waals surface area contributed by atoms with Crippen LogP contribution in [0.15, 0.2) is 0 Å². The van der Waals surface area contributed by atoms with Crippen molar-refractivity contribution in [1.82, 2.24) is 9.78 Å². The Morgan fingerprint density at radius 1 is 1.47 bits per heavy atom. The van der Waals surface area contributed by atoms with E-state index in [1.807, 2.05) is 6.92 Å². The summed E-state index contributed by atoms with van der Waals surface area (Å²) in [5.41, 5.74) is 6.91. The van der Waals surface area contributed by atoms with Gasteiger partial charge in [0.1, 0.15) is 6.73 Å². The van der Waals surface area contributed by atoms with Crippen LogP contribution < -0.4 is 5.73 Å². The van der Waals surface area contributed by atoms with Crippen molar-refractivity contribution in [2.75, 3.05) is 6.61 Å². The monoisotopic (exact) mass is 285 g/mol. The van der Waals surface area contributed by atoms with Gasteiger partial charge in [0.2, 0.25) is 0 Å². The van der Waals surface area contributed by atoms with Crippen LogP contribution in [0.4, 0.5) is 0 Å². The molecule has 0 atom stereocenters. The average Bonchev–Trinajstić information content (AvgIpc) is 2.60. The molecule has 0 fully saturated rings. The molecular weight excluding hydrogens is 262 g/mol. The van der Waals surface area contributed by atoms with Crippen LogP contribution in [0, 0.1) is 6.92 Å². The molecule has 1 aromatic rings. The fourth-order valence-corrected chi connectivity index (χ4v) is 2.41. The van der Waals surface area contributed by atoms with Gasteiger partial charge in [0.05, 0.1) is 0 Å². The molecule has 0 bridgehead atoms. The second-order valence-corrected chi connectivity index (χ2v) is 11.4. The largest absolute Gasteiger partial charge is 0.476 e. The summed E-state index contributed by atoms with van der Waals surface area (Å²) >= 11 is 0. The molecule has 0 aliphatic carbocycles. The average molecular weight is 285 g/mol. The van der Waals surface area contributed by atoms with Crippen molar-refractivity contribution in [3.05, 3.63) is 17.0 Å². The zero-order chi connectivity index (χ0) is 14.6. The lowest BCUT2D eigenvalue weighted by atomic mass is 10.2. The highest BCUT2D eigenvalue weighted by molar-refractivity contribution is 6.76. The van der Waals surface area contributed by atoms with Gasteiger partial charge in [-0.2, -0.15) is 5.10 Å². The molecule has 3 N–H and O–H groups in total. The van der Waals surface area contributed by atoms with Gasteiger partial charge >= 0.3 is 5.97 Å². The Kier molecular flexibility index (Phi) is 5.27. The molecule has 19 heavy (non-hydrogen) atoms. The first kappa shape index (κ1) is 15.9. The Balaban J connectivity index is 2.67. The normalized spacial score (nSPS) is 11.8. The Morgan fingerprint density at radius 3 is 2.53 bits per heavy atom. The lowest BCUT2D eigenvalue weighted by molar-refractivity contribution is 0.0669. The fraction of sp³-hybridized carbons (Fsp3) is 0.667. The van der Waals surface area contributed by atoms with Gasteiger partial charge in [0.15, 0.2) is 5.69 Å². The van der Waals surface area contributed by atoms with E-state index in [1.54, 1.807) is 4.68 Å². The summed E-state index contributed by atoms with van der Waals surface area (Å²) in [5, 5.41) is 13.1. The van der Waals surface area contributed by atoms with Crippen LogP contribution in [-0.4, -0.2) is 35.5 Å². The third kappa shape index (κ3) is 4.45. The van der Waals surface area contributed by atoms with E-state index in [2.05, 4.69) is 24.7 Å². The van der Waals surface area contributed by atoms with E-state index in [-0.39, 0.29) is 19.0 Å². The SMILES string of the molecule is Cc1c(CN)c(C(=O)O)nn1COCC[Si](C)(C)C. The lowest BCUT2D eigenvalue weighted by Crippen LogP contribution is -2.22. The zero-order valence-corrected chi connectivity index (χ0v) is 13.1. The standard InChI is InChI=1S/C12H23N3O3Si/c1-9-10(7-13)11(12(16)17)14-15(9)8-18-5-6-19(2,3)4/h5-8,13H2,1-4H3,(H,16,17). The van der Waals surface area contributed by atoms with E-state index in [0.717, 1.165) is 11.7 Å². The first-order valence-electron chi connectivity index (χ1n) is 6.33. The van der Waals surface area contributed by atoms with Crippen molar-refractivity contribution in [3.8, 4) is 0 Å². The van der Waals surface area contributed by atoms with E-state index in [4.69, 9.17) is 15.6 Å². The Hall–Kier alpha value is -1.18. The zero-order valence-electron chi connectivity index (χ0n) is 12.1. The molecule has 0 amide bonds. The van der Waals surface area contributed by atoms with Gasteiger partial charge in [-0.15, -0.1) is 0 Å². The quantitative estimate of drug-likeness (QED) is 0.587. The highest BCUT2D eigenvalue weighted by Gasteiger charge is 2.19. The maximum absolute atomic E-state index is 11.0. The summed E-state index contributed by atoms with van der Waals surface area (Å²) in [6.07, 6.45) is 0. The molecule has 7 heteroatoms. The number of carbonyl (C=O) groups is 1. The van der Waals surface area contributed by atoms with Crippen LogP contribution in [0.1, 0.15) is 21.7 Å². The topological polar surface area (TPSA) is 90.4 Å². The highest BCUT2D eigenvalue weighted by Crippen LogP contribution is 2.14. The van der Waals surface area contributed by atoms with Crippen LogP contribution in [-0.2, 0) is 18.0 Å². The molecule has 0 spiro atoms. The second-order valence-electron chi connectivity index (χ2n) is 5.77. The van der Waals surface area contributed by atoms with E-state index in [9.17, 15) is 4.79 Å². The molecule has 0 radical (unpaired) electrons. The van der Waals surface area contributed by atoms with E-state index >= 15 is 0 Å². The molecule has 108 valence electrons. The van der Waals surface area contributed by atoms with E-state index in [1.165, 1.54) is 0 Å². The summed E-state index contributed by atoms with van der Waals surface area (Å²) in [6, 6.07) is 1.07. The molecule has 0 aromatic carbocycles. The van der Waals surface area contributed by atoms with Gasteiger partial charge in [-0.25, -0.2) is 9.48 Å². The van der Waals surface area contributed by atoms with Crippen LogP contribution in [0.3, 0.4) is 0 Å². The smallest absolute Gasteiger partial charge is 0.356 e. The fourth-order valence-electron chi connectivity index (χ4n) is 1.65. The first-order chi connectivity index (χ1) is 8.76. The van der Waals surface area contributed by atoms with Crippen LogP contribution >= 0.6 is 0 Å². The number of nitrogens with zero attached hydrogens (tertiary/aromatic N) is 2. The molecule has 0 unspecified atom stereocenters. The third-order valence-corrected chi connectivity index (χ3v) is 4.65. The van der Waals surface area contributed by atoms with Gasteiger partial charge in [0.25, 0.3) is 0 Å². The third-order valence-electron chi connectivity index (χ3n) is 2.95. The Morgan fingerprint density at radius 2 is 2.11 bits per heavy atom. The summed E-state index contributed by atoms with van der Waals surface area (Å²) in [4.78, 5) is 11.0. The summed E-state index contributed by atoms with van der Waals surface area (Å²) < 4.78 is 7.14. The summed E-state index contributed by atoms with van der Waals surface area (Å²) in [7, 11) is -1.11. The second kappa shape index (κ2) is 6.31. The number of aromatic nitrogens is 2. The molecule has 1 heterocycles. The van der Waals surface area contributed by atoms with Gasteiger partial charge in [-0.1, -0.05) is 19.6 Å². The molecule has 0 aliphatic heterocycles. The number of carboxylic acid groups (broad SMARTS) is 1.